The van der Waals surface area contributed by atoms with Crippen LogP contribution in [0.2, 0.25) is 0 Å². The van der Waals surface area contributed by atoms with E-state index in [1.807, 2.05) is 18.3 Å². The van der Waals surface area contributed by atoms with Gasteiger partial charge < -0.3 is 14.8 Å². The van der Waals surface area contributed by atoms with Crippen molar-refractivity contribution in [1.82, 2.24) is 20.2 Å². The third kappa shape index (κ3) is 2.85. The predicted octanol–water partition coefficient (Wildman–Crippen LogP) is 3.83. The van der Waals surface area contributed by atoms with Gasteiger partial charge in [-0.05, 0) is 36.6 Å². The van der Waals surface area contributed by atoms with Crippen LogP contribution in [0.1, 0.15) is 16.9 Å². The van der Waals surface area contributed by atoms with Crippen LogP contribution in [0.25, 0.3) is 21.1 Å². The van der Waals surface area contributed by atoms with Crippen LogP contribution in [0.5, 0.6) is 0 Å². The molecule has 3 heterocycles. The van der Waals surface area contributed by atoms with E-state index in [0.717, 1.165) is 51.9 Å². The fraction of sp³-hybridized carbons (Fsp3) is 0.350. The van der Waals surface area contributed by atoms with Crippen LogP contribution in [-0.2, 0) is 22.3 Å². The lowest BCUT2D eigenvalue weighted by Gasteiger charge is -2.35. The van der Waals surface area contributed by atoms with Crippen molar-refractivity contribution in [2.75, 3.05) is 26.1 Å². The van der Waals surface area contributed by atoms with Gasteiger partial charge in [-0.15, -0.1) is 11.3 Å². The number of benzene rings is 1. The SMILES string of the molecule is COC[C@]1(OC)CCc2c(sc3ncnc(Nc4ccc5[nH]ncc5c4)c23)C1. The Hall–Kier alpha value is -2.55. The molecular formula is C20H21N5O2S. The summed E-state index contributed by atoms with van der Waals surface area (Å²) in [6.45, 7) is 0.596. The highest BCUT2D eigenvalue weighted by Crippen LogP contribution is 2.42. The van der Waals surface area contributed by atoms with Crippen molar-refractivity contribution < 1.29 is 9.47 Å². The molecule has 1 aliphatic carbocycles. The molecule has 0 radical (unpaired) electrons. The topological polar surface area (TPSA) is 85.0 Å². The zero-order chi connectivity index (χ0) is 19.1. The molecule has 7 nitrogen and oxygen atoms in total. The van der Waals surface area contributed by atoms with Crippen LogP contribution in [0, 0.1) is 0 Å². The second-order valence-electron chi connectivity index (χ2n) is 7.20. The Kier molecular flexibility index (Phi) is 4.26. The first kappa shape index (κ1) is 17.5. The largest absolute Gasteiger partial charge is 0.382 e. The molecule has 0 aliphatic heterocycles. The third-order valence-electron chi connectivity index (χ3n) is 5.53. The van der Waals surface area contributed by atoms with Gasteiger partial charge in [-0.25, -0.2) is 9.97 Å². The van der Waals surface area contributed by atoms with E-state index in [2.05, 4.69) is 31.5 Å². The second-order valence-corrected chi connectivity index (χ2v) is 8.28. The number of thiophene rings is 1. The number of aryl methyl sites for hydroxylation is 1. The fourth-order valence-electron chi connectivity index (χ4n) is 4.05. The maximum absolute atomic E-state index is 5.85. The first-order chi connectivity index (χ1) is 13.7. The van der Waals surface area contributed by atoms with Crippen molar-refractivity contribution in [3.8, 4) is 0 Å². The molecule has 1 aromatic carbocycles. The van der Waals surface area contributed by atoms with E-state index in [1.54, 1.807) is 31.9 Å². The van der Waals surface area contributed by atoms with Gasteiger partial charge in [0.15, 0.2) is 0 Å². The Morgan fingerprint density at radius 3 is 3.07 bits per heavy atom. The molecule has 8 heteroatoms. The van der Waals surface area contributed by atoms with Crippen LogP contribution in [0.15, 0.2) is 30.7 Å². The highest BCUT2D eigenvalue weighted by Gasteiger charge is 2.37. The van der Waals surface area contributed by atoms with Gasteiger partial charge in [-0.1, -0.05) is 0 Å². The van der Waals surface area contributed by atoms with Crippen molar-refractivity contribution in [2.24, 2.45) is 0 Å². The highest BCUT2D eigenvalue weighted by molar-refractivity contribution is 7.19. The zero-order valence-corrected chi connectivity index (χ0v) is 16.6. The molecule has 4 aromatic rings. The lowest BCUT2D eigenvalue weighted by atomic mass is 9.84. The molecular weight excluding hydrogens is 374 g/mol. The molecule has 2 N–H and O–H groups in total. The van der Waals surface area contributed by atoms with Crippen LogP contribution < -0.4 is 5.32 Å². The van der Waals surface area contributed by atoms with Crippen LogP contribution >= 0.6 is 11.3 Å². The van der Waals surface area contributed by atoms with Gasteiger partial charge in [0.05, 0.1) is 29.3 Å². The number of anilines is 2. The van der Waals surface area contributed by atoms with Crippen molar-refractivity contribution in [2.45, 2.75) is 24.9 Å². The van der Waals surface area contributed by atoms with Gasteiger partial charge in [-0.2, -0.15) is 5.10 Å². The summed E-state index contributed by atoms with van der Waals surface area (Å²) < 4.78 is 11.3. The number of aromatic nitrogens is 4. The van der Waals surface area contributed by atoms with Gasteiger partial charge in [0, 0.05) is 36.6 Å². The lowest BCUT2D eigenvalue weighted by Crippen LogP contribution is -2.41. The van der Waals surface area contributed by atoms with E-state index >= 15 is 0 Å². The van der Waals surface area contributed by atoms with E-state index in [4.69, 9.17) is 9.47 Å². The number of fused-ring (bicyclic) bond motifs is 4. The summed E-state index contributed by atoms with van der Waals surface area (Å²) in [5.41, 5.74) is 3.07. The van der Waals surface area contributed by atoms with Crippen molar-refractivity contribution in [3.05, 3.63) is 41.2 Å². The number of aromatic amines is 1. The minimum atomic E-state index is -0.254. The van der Waals surface area contributed by atoms with E-state index in [9.17, 15) is 0 Å². The van der Waals surface area contributed by atoms with Crippen LogP contribution in [0.3, 0.4) is 0 Å². The average Bonchev–Trinajstić information content (AvgIpc) is 3.31. The maximum atomic E-state index is 5.85. The number of hydrogen-bond acceptors (Lipinski definition) is 7. The van der Waals surface area contributed by atoms with Crippen molar-refractivity contribution in [1.29, 1.82) is 0 Å². The first-order valence-corrected chi connectivity index (χ1v) is 10.0. The molecule has 0 spiro atoms. The Morgan fingerprint density at radius 2 is 2.21 bits per heavy atom. The number of methoxy groups -OCH3 is 2. The summed E-state index contributed by atoms with van der Waals surface area (Å²) in [6.07, 6.45) is 6.14. The average molecular weight is 395 g/mol. The molecule has 0 amide bonds. The normalized spacial score (nSPS) is 19.2. The molecule has 5 rings (SSSR count). The van der Waals surface area contributed by atoms with Gasteiger partial charge >= 0.3 is 0 Å². The summed E-state index contributed by atoms with van der Waals surface area (Å²) in [4.78, 5) is 11.4. The number of ether oxygens (including phenoxy) is 2. The molecule has 28 heavy (non-hydrogen) atoms. The number of hydrogen-bond donors (Lipinski definition) is 2. The summed E-state index contributed by atoms with van der Waals surface area (Å²) in [5, 5.41) is 12.7. The maximum Gasteiger partial charge on any atom is 0.142 e. The molecule has 0 bridgehead atoms. The van der Waals surface area contributed by atoms with E-state index in [-0.39, 0.29) is 5.60 Å². The Bertz CT molecular complexity index is 1150. The summed E-state index contributed by atoms with van der Waals surface area (Å²) >= 11 is 1.73. The quantitative estimate of drug-likeness (QED) is 0.534. The minimum Gasteiger partial charge on any atom is -0.382 e. The smallest absolute Gasteiger partial charge is 0.142 e. The van der Waals surface area contributed by atoms with Crippen molar-refractivity contribution >= 4 is 44.0 Å². The van der Waals surface area contributed by atoms with E-state index in [0.29, 0.717) is 6.61 Å². The van der Waals surface area contributed by atoms with Crippen LogP contribution in [-0.4, -0.2) is 46.6 Å². The minimum absolute atomic E-state index is 0.254. The molecule has 0 fully saturated rings. The second kappa shape index (κ2) is 6.80. The predicted molar refractivity (Wildman–Crippen MR) is 110 cm³/mol. The van der Waals surface area contributed by atoms with E-state index < -0.39 is 0 Å². The van der Waals surface area contributed by atoms with E-state index in [1.165, 1.54) is 10.4 Å². The molecule has 0 unspecified atom stereocenters. The summed E-state index contributed by atoms with van der Waals surface area (Å²) in [6, 6.07) is 6.12. The Labute approximate surface area is 166 Å². The van der Waals surface area contributed by atoms with Gasteiger partial charge in [0.1, 0.15) is 17.0 Å². The number of H-pyrrole nitrogens is 1. The third-order valence-corrected chi connectivity index (χ3v) is 6.67. The first-order valence-electron chi connectivity index (χ1n) is 9.21. The monoisotopic (exact) mass is 395 g/mol. The lowest BCUT2D eigenvalue weighted by molar-refractivity contribution is -0.0714. The molecule has 0 saturated carbocycles. The van der Waals surface area contributed by atoms with Gasteiger partial charge in [0.25, 0.3) is 0 Å². The van der Waals surface area contributed by atoms with Crippen molar-refractivity contribution in [3.63, 3.8) is 0 Å². The number of nitrogens with zero attached hydrogens (tertiary/aromatic N) is 3. The van der Waals surface area contributed by atoms with Gasteiger partial charge in [0.2, 0.25) is 0 Å². The zero-order valence-electron chi connectivity index (χ0n) is 15.8. The molecule has 0 saturated heterocycles. The van der Waals surface area contributed by atoms with Gasteiger partial charge in [-0.3, -0.25) is 5.10 Å². The summed E-state index contributed by atoms with van der Waals surface area (Å²) in [7, 11) is 3.50. The molecule has 1 aliphatic rings. The molecule has 144 valence electrons. The molecule has 1 atom stereocenters. The number of nitrogens with one attached hydrogen (secondary N) is 2. The Morgan fingerprint density at radius 1 is 1.29 bits per heavy atom. The summed E-state index contributed by atoms with van der Waals surface area (Å²) in [5.74, 6) is 0.849. The number of rotatable bonds is 5. The fourth-order valence-corrected chi connectivity index (χ4v) is 5.37. The molecule has 3 aromatic heterocycles. The van der Waals surface area contributed by atoms with Crippen LogP contribution in [0.4, 0.5) is 11.5 Å². The highest BCUT2D eigenvalue weighted by atomic mass is 32.1. The standard InChI is InChI=1S/C20H21N5O2S/c1-26-10-20(27-2)6-5-14-16(8-20)28-19-17(14)18(21-11-22-19)24-13-3-4-15-12(7-13)9-23-25-15/h3-4,7,9,11H,5-6,8,10H2,1-2H3,(H,23,25)(H,21,22,24)/t20-/m0/s1. The Balaban J connectivity index is 1.54.